The largest absolute Gasteiger partial charge is 0.377 e. The van der Waals surface area contributed by atoms with Crippen molar-refractivity contribution >= 4 is 17.4 Å². The van der Waals surface area contributed by atoms with E-state index < -0.39 is 0 Å². The predicted octanol–water partition coefficient (Wildman–Crippen LogP) is 1.08. The third kappa shape index (κ3) is 2.86. The molecule has 1 fully saturated rings. The average molecular weight is 353 g/mol. The average Bonchev–Trinajstić information content (AvgIpc) is 3.11. The topological polar surface area (TPSA) is 97.5 Å². The van der Waals surface area contributed by atoms with Crippen LogP contribution in [0.4, 0.5) is 5.82 Å². The smallest absolute Gasteiger partial charge is 0.260 e. The van der Waals surface area contributed by atoms with Gasteiger partial charge in [0.05, 0.1) is 19.4 Å². The number of nitrogens with zero attached hydrogens (tertiary/aromatic N) is 6. The lowest BCUT2D eigenvalue weighted by Gasteiger charge is -2.34. The van der Waals surface area contributed by atoms with E-state index in [1.165, 1.54) is 0 Å². The summed E-state index contributed by atoms with van der Waals surface area (Å²) in [7, 11) is 1.80. The van der Waals surface area contributed by atoms with Crippen molar-refractivity contribution in [2.75, 3.05) is 32.1 Å². The van der Waals surface area contributed by atoms with Gasteiger partial charge in [0.25, 0.3) is 5.91 Å². The fourth-order valence-electron chi connectivity index (χ4n) is 3.06. The molecule has 4 heterocycles. The van der Waals surface area contributed by atoms with E-state index in [0.717, 1.165) is 5.69 Å². The lowest BCUT2D eigenvalue weighted by Crippen LogP contribution is -2.44. The summed E-state index contributed by atoms with van der Waals surface area (Å²) in [5.41, 5.74) is 1.82. The molecule has 0 saturated carbocycles. The molecule has 0 bridgehead atoms. The van der Waals surface area contributed by atoms with Crippen LogP contribution in [0.5, 0.6) is 0 Å². The predicted molar refractivity (Wildman–Crippen MR) is 93.9 cm³/mol. The molecule has 3 aromatic rings. The van der Waals surface area contributed by atoms with Gasteiger partial charge >= 0.3 is 0 Å². The Morgan fingerprint density at radius 3 is 3.12 bits per heavy atom. The molecule has 9 nitrogen and oxygen atoms in total. The number of aromatic nitrogens is 5. The molecule has 1 N–H and O–H groups in total. The maximum absolute atomic E-state index is 13.2. The molecule has 0 radical (unpaired) electrons. The van der Waals surface area contributed by atoms with E-state index >= 15 is 0 Å². The lowest BCUT2D eigenvalue weighted by molar-refractivity contribution is -0.00514. The van der Waals surface area contributed by atoms with Crippen molar-refractivity contribution in [2.24, 2.45) is 0 Å². The van der Waals surface area contributed by atoms with Gasteiger partial charge in [-0.1, -0.05) is 0 Å². The maximum Gasteiger partial charge on any atom is 0.260 e. The summed E-state index contributed by atoms with van der Waals surface area (Å²) in [5.74, 6) is 1.12. The van der Waals surface area contributed by atoms with Crippen LogP contribution >= 0.6 is 0 Å². The van der Waals surface area contributed by atoms with Crippen molar-refractivity contribution in [1.29, 1.82) is 0 Å². The summed E-state index contributed by atoms with van der Waals surface area (Å²) in [5, 5.41) is 7.23. The number of hydrogen-bond donors (Lipinski definition) is 1. The van der Waals surface area contributed by atoms with Gasteiger partial charge in [0.2, 0.25) is 0 Å². The van der Waals surface area contributed by atoms with Crippen LogP contribution < -0.4 is 5.32 Å². The third-order valence-corrected chi connectivity index (χ3v) is 4.32. The summed E-state index contributed by atoms with van der Waals surface area (Å²) >= 11 is 0. The van der Waals surface area contributed by atoms with Gasteiger partial charge in [0.15, 0.2) is 11.5 Å². The molecule has 134 valence electrons. The molecule has 4 rings (SSSR count). The molecule has 1 aliphatic heterocycles. The SMILES string of the molecule is CNc1cc(C)nc([C@H]2COCCN2C(=O)c2cnn3cccnc23)n1. The number of fused-ring (bicyclic) bond motifs is 1. The van der Waals surface area contributed by atoms with E-state index in [1.54, 1.807) is 41.1 Å². The Kier molecular flexibility index (Phi) is 4.21. The molecule has 0 spiro atoms. The highest BCUT2D eigenvalue weighted by Crippen LogP contribution is 2.25. The molecule has 26 heavy (non-hydrogen) atoms. The zero-order valence-electron chi connectivity index (χ0n) is 14.6. The summed E-state index contributed by atoms with van der Waals surface area (Å²) in [6.45, 7) is 3.18. The van der Waals surface area contributed by atoms with E-state index in [-0.39, 0.29) is 11.9 Å². The minimum absolute atomic E-state index is 0.150. The minimum Gasteiger partial charge on any atom is -0.377 e. The molecular weight excluding hydrogens is 334 g/mol. The first kappa shape index (κ1) is 16.4. The van der Waals surface area contributed by atoms with Gasteiger partial charge in [-0.05, 0) is 13.0 Å². The van der Waals surface area contributed by atoms with Crippen LogP contribution in [0, 0.1) is 6.92 Å². The monoisotopic (exact) mass is 353 g/mol. The lowest BCUT2D eigenvalue weighted by atomic mass is 10.1. The number of nitrogens with one attached hydrogen (secondary N) is 1. The van der Waals surface area contributed by atoms with Gasteiger partial charge in [-0.15, -0.1) is 0 Å². The summed E-state index contributed by atoms with van der Waals surface area (Å²) in [6, 6.07) is 3.27. The number of morpholine rings is 1. The van der Waals surface area contributed by atoms with Crippen LogP contribution in [0.15, 0.2) is 30.7 Å². The van der Waals surface area contributed by atoms with Crippen molar-refractivity contribution in [3.8, 4) is 0 Å². The van der Waals surface area contributed by atoms with Crippen LogP contribution in [0.2, 0.25) is 0 Å². The van der Waals surface area contributed by atoms with Gasteiger partial charge in [-0.2, -0.15) is 5.10 Å². The molecule has 0 aliphatic carbocycles. The van der Waals surface area contributed by atoms with E-state index in [2.05, 4.69) is 25.4 Å². The fourth-order valence-corrected chi connectivity index (χ4v) is 3.06. The number of carbonyl (C=O) groups excluding carboxylic acids is 1. The number of aryl methyl sites for hydroxylation is 1. The molecule has 1 atom stereocenters. The number of rotatable bonds is 3. The molecule has 1 saturated heterocycles. The first-order valence-electron chi connectivity index (χ1n) is 8.38. The zero-order chi connectivity index (χ0) is 18.1. The second kappa shape index (κ2) is 6.68. The minimum atomic E-state index is -0.359. The Balaban J connectivity index is 1.71. The maximum atomic E-state index is 13.2. The van der Waals surface area contributed by atoms with Crippen LogP contribution in [-0.2, 0) is 4.74 Å². The van der Waals surface area contributed by atoms with Crippen molar-refractivity contribution in [3.63, 3.8) is 0 Å². The molecule has 9 heteroatoms. The highest BCUT2D eigenvalue weighted by Gasteiger charge is 2.33. The second-order valence-electron chi connectivity index (χ2n) is 6.04. The number of anilines is 1. The fraction of sp³-hybridized carbons (Fsp3) is 0.353. The standard InChI is InChI=1S/C17H19N7O2/c1-11-8-14(18-2)22-15(21-11)13-10-26-7-6-23(13)17(25)12-9-20-24-5-3-4-19-16(12)24/h3-5,8-9,13H,6-7,10H2,1-2H3,(H,18,21,22)/t13-/m1/s1. The molecule has 0 aromatic carbocycles. The summed E-state index contributed by atoms with van der Waals surface area (Å²) < 4.78 is 7.19. The van der Waals surface area contributed by atoms with Crippen molar-refractivity contribution < 1.29 is 9.53 Å². The Hall–Kier alpha value is -3.07. The third-order valence-electron chi connectivity index (χ3n) is 4.32. The Bertz CT molecular complexity index is 955. The van der Waals surface area contributed by atoms with Gasteiger partial charge < -0.3 is 15.0 Å². The van der Waals surface area contributed by atoms with Crippen LogP contribution in [0.25, 0.3) is 5.65 Å². The van der Waals surface area contributed by atoms with Crippen molar-refractivity contribution in [3.05, 3.63) is 47.8 Å². The molecule has 3 aromatic heterocycles. The van der Waals surface area contributed by atoms with Gasteiger partial charge in [0.1, 0.15) is 17.4 Å². The number of carbonyl (C=O) groups is 1. The Morgan fingerprint density at radius 2 is 2.27 bits per heavy atom. The Morgan fingerprint density at radius 1 is 1.38 bits per heavy atom. The summed E-state index contributed by atoms with van der Waals surface area (Å²) in [4.78, 5) is 28.3. The second-order valence-corrected chi connectivity index (χ2v) is 6.04. The number of amides is 1. The number of ether oxygens (including phenoxy) is 1. The first-order chi connectivity index (χ1) is 12.7. The summed E-state index contributed by atoms with van der Waals surface area (Å²) in [6.07, 6.45) is 4.96. The quantitative estimate of drug-likeness (QED) is 0.752. The molecule has 1 amide bonds. The van der Waals surface area contributed by atoms with Crippen molar-refractivity contribution in [1.82, 2.24) is 29.5 Å². The van der Waals surface area contributed by atoms with Crippen LogP contribution in [0.3, 0.4) is 0 Å². The highest BCUT2D eigenvalue weighted by molar-refractivity contribution is 5.99. The Labute approximate surface area is 150 Å². The molecule has 0 unspecified atom stereocenters. The van der Waals surface area contributed by atoms with Crippen LogP contribution in [0.1, 0.15) is 27.9 Å². The van der Waals surface area contributed by atoms with E-state index in [4.69, 9.17) is 4.74 Å². The molecule has 1 aliphatic rings. The van der Waals surface area contributed by atoms with E-state index in [1.807, 2.05) is 13.0 Å². The van der Waals surface area contributed by atoms with Gasteiger partial charge in [-0.25, -0.2) is 19.5 Å². The van der Waals surface area contributed by atoms with Gasteiger partial charge in [-0.3, -0.25) is 4.79 Å². The normalized spacial score (nSPS) is 17.5. The van der Waals surface area contributed by atoms with Crippen LogP contribution in [-0.4, -0.2) is 62.2 Å². The first-order valence-corrected chi connectivity index (χ1v) is 8.38. The number of hydrogen-bond acceptors (Lipinski definition) is 7. The zero-order valence-corrected chi connectivity index (χ0v) is 14.6. The van der Waals surface area contributed by atoms with Gasteiger partial charge in [0, 0.05) is 37.7 Å². The van der Waals surface area contributed by atoms with E-state index in [0.29, 0.717) is 42.6 Å². The van der Waals surface area contributed by atoms with E-state index in [9.17, 15) is 4.79 Å². The highest BCUT2D eigenvalue weighted by atomic mass is 16.5. The molecular formula is C17H19N7O2. The van der Waals surface area contributed by atoms with Crippen molar-refractivity contribution in [2.45, 2.75) is 13.0 Å².